The van der Waals surface area contributed by atoms with Gasteiger partial charge in [0.1, 0.15) is 11.2 Å². The van der Waals surface area contributed by atoms with Crippen LogP contribution in [0.5, 0.6) is 0 Å². The summed E-state index contributed by atoms with van der Waals surface area (Å²) >= 11 is 0. The van der Waals surface area contributed by atoms with E-state index in [0.717, 1.165) is 95.8 Å². The molecule has 0 bridgehead atoms. The van der Waals surface area contributed by atoms with Gasteiger partial charge in [0.25, 0.3) is 6.71 Å². The maximum absolute atomic E-state index is 7.18. The van der Waals surface area contributed by atoms with Crippen LogP contribution in [0.25, 0.3) is 44.2 Å². The first-order valence-electron chi connectivity index (χ1n) is 21.8. The number of nitrogens with zero attached hydrogens (tertiary/aromatic N) is 3. The lowest BCUT2D eigenvalue weighted by Gasteiger charge is -2.43. The van der Waals surface area contributed by atoms with Gasteiger partial charge in [0.05, 0.1) is 16.8 Å². The molecule has 0 atom stereocenters. The van der Waals surface area contributed by atoms with Crippen molar-refractivity contribution in [3.63, 3.8) is 0 Å². The van der Waals surface area contributed by atoms with Crippen molar-refractivity contribution >= 4 is 96.6 Å². The summed E-state index contributed by atoms with van der Waals surface area (Å²) in [7, 11) is 0. The van der Waals surface area contributed by atoms with Crippen molar-refractivity contribution in [2.45, 2.75) is 0 Å². The van der Waals surface area contributed by atoms with E-state index in [4.69, 9.17) is 8.83 Å². The average Bonchev–Trinajstić information content (AvgIpc) is 3.94. The average molecular weight is 820 g/mol. The minimum atomic E-state index is -0.102. The first-order valence-corrected chi connectivity index (χ1v) is 21.8. The lowest BCUT2D eigenvalue weighted by molar-refractivity contribution is 0.621. The van der Waals surface area contributed by atoms with Crippen LogP contribution in [0.2, 0.25) is 0 Å². The van der Waals surface area contributed by atoms with Crippen molar-refractivity contribution in [2.24, 2.45) is 0 Å². The molecule has 4 heterocycles. The normalized spacial score (nSPS) is 12.6. The van der Waals surface area contributed by atoms with Crippen molar-refractivity contribution < 1.29 is 8.83 Å². The molecular formula is C58H38BN3O2. The van der Waals surface area contributed by atoms with Crippen LogP contribution in [0.1, 0.15) is 0 Å². The highest BCUT2D eigenvalue weighted by atomic mass is 16.4. The lowest BCUT2D eigenvalue weighted by atomic mass is 9.33. The van der Waals surface area contributed by atoms with Crippen LogP contribution in [0, 0.1) is 0 Å². The van der Waals surface area contributed by atoms with Crippen LogP contribution >= 0.6 is 0 Å². The fourth-order valence-electron chi connectivity index (χ4n) is 10.2. The molecule has 0 N–H and O–H groups in total. The Hall–Kier alpha value is -8.48. The van der Waals surface area contributed by atoms with E-state index >= 15 is 0 Å². The van der Waals surface area contributed by atoms with Gasteiger partial charge in [-0.1, -0.05) is 170 Å². The summed E-state index contributed by atoms with van der Waals surface area (Å²) in [5.74, 6) is 1.53. The number of fused-ring (bicyclic) bond motifs is 6. The summed E-state index contributed by atoms with van der Waals surface area (Å²) in [5, 5.41) is 2.12. The summed E-state index contributed by atoms with van der Waals surface area (Å²) in [6, 6.07) is 81.8. The predicted octanol–water partition coefficient (Wildman–Crippen LogP) is 14.1. The molecule has 2 aliphatic heterocycles. The smallest absolute Gasteiger partial charge is 0.252 e. The zero-order chi connectivity index (χ0) is 42.1. The van der Waals surface area contributed by atoms with E-state index in [2.05, 4.69) is 245 Å². The van der Waals surface area contributed by atoms with Crippen molar-refractivity contribution in [2.75, 3.05) is 14.7 Å². The summed E-state index contributed by atoms with van der Waals surface area (Å²) in [4.78, 5) is 7.12. The third kappa shape index (κ3) is 5.52. The highest BCUT2D eigenvalue weighted by Crippen LogP contribution is 2.53. The van der Waals surface area contributed by atoms with Gasteiger partial charge in [0, 0.05) is 44.9 Å². The van der Waals surface area contributed by atoms with E-state index in [1.807, 2.05) is 0 Å². The van der Waals surface area contributed by atoms with Gasteiger partial charge in [-0.2, -0.15) is 0 Å². The van der Waals surface area contributed by atoms with Crippen LogP contribution in [0.15, 0.2) is 239 Å². The maximum Gasteiger partial charge on any atom is 0.252 e. The minimum absolute atomic E-state index is 0.102. The molecule has 300 valence electrons. The third-order valence-electron chi connectivity index (χ3n) is 12.8. The first-order chi connectivity index (χ1) is 31.8. The molecule has 0 radical (unpaired) electrons. The molecule has 5 nitrogen and oxygen atoms in total. The second-order valence-corrected chi connectivity index (χ2v) is 16.4. The Kier molecular flexibility index (Phi) is 8.24. The minimum Gasteiger partial charge on any atom is -0.439 e. The van der Waals surface area contributed by atoms with Crippen LogP contribution in [-0.2, 0) is 0 Å². The van der Waals surface area contributed by atoms with Gasteiger partial charge in [-0.05, 0) is 88.2 Å². The summed E-state index contributed by atoms with van der Waals surface area (Å²) < 4.78 is 14.4. The fourth-order valence-corrected chi connectivity index (χ4v) is 10.2. The zero-order valence-electron chi connectivity index (χ0n) is 34.7. The molecule has 2 aliphatic rings. The Morgan fingerprint density at radius 3 is 1.17 bits per heavy atom. The Morgan fingerprint density at radius 2 is 0.719 bits per heavy atom. The van der Waals surface area contributed by atoms with E-state index in [1.54, 1.807) is 0 Å². The highest BCUT2D eigenvalue weighted by Gasteiger charge is 2.46. The van der Waals surface area contributed by atoms with Crippen molar-refractivity contribution in [3.8, 4) is 22.3 Å². The number of anilines is 9. The summed E-state index contributed by atoms with van der Waals surface area (Å²) in [6.45, 7) is -0.102. The Bertz CT molecular complexity index is 3300. The van der Waals surface area contributed by atoms with Crippen LogP contribution in [0.3, 0.4) is 0 Å². The third-order valence-corrected chi connectivity index (χ3v) is 12.8. The maximum atomic E-state index is 7.18. The molecule has 0 unspecified atom stereocenters. The van der Waals surface area contributed by atoms with E-state index in [9.17, 15) is 0 Å². The monoisotopic (exact) mass is 819 g/mol. The number of hydrogen-bond acceptors (Lipinski definition) is 5. The number of furan rings is 2. The van der Waals surface area contributed by atoms with Gasteiger partial charge in [-0.3, -0.25) is 9.80 Å². The summed E-state index contributed by atoms with van der Waals surface area (Å²) in [6.07, 6.45) is 0. The topological polar surface area (TPSA) is 36.0 Å². The quantitative estimate of drug-likeness (QED) is 0.150. The molecule has 11 aromatic rings. The molecule has 2 aromatic heterocycles. The Labute approximate surface area is 371 Å². The zero-order valence-corrected chi connectivity index (χ0v) is 34.7. The Balaban J connectivity index is 1.19. The van der Waals surface area contributed by atoms with Crippen LogP contribution in [0.4, 0.5) is 51.6 Å². The number of rotatable bonds is 7. The van der Waals surface area contributed by atoms with Crippen molar-refractivity contribution in [1.29, 1.82) is 0 Å². The summed E-state index contributed by atoms with van der Waals surface area (Å²) in [5.41, 5.74) is 16.8. The van der Waals surface area contributed by atoms with Gasteiger partial charge in [0.15, 0.2) is 0 Å². The standard InChI is InChI=1S/C58H38BN3O2/c1-5-21-39(22-6-1)54-44-29-13-19-35-52(44)63-57(54)61-48-33-17-15-31-46(48)59-47-32-16-18-34-49(47)62(58-55(40-23-7-2-8-24-40)45-30-14-20-36-53(45)64-58)51-38-43(37-50(61)56(51)59)60(41-25-9-3-10-26-41)42-27-11-4-12-28-42/h1-38H. The van der Waals surface area contributed by atoms with Gasteiger partial charge in [-0.15, -0.1) is 0 Å². The molecule has 0 fully saturated rings. The predicted molar refractivity (Wildman–Crippen MR) is 266 cm³/mol. The molecule has 0 spiro atoms. The fraction of sp³-hybridized carbons (Fsp3) is 0. The largest absolute Gasteiger partial charge is 0.439 e. The van der Waals surface area contributed by atoms with Crippen molar-refractivity contribution in [1.82, 2.24) is 0 Å². The lowest BCUT2D eigenvalue weighted by Crippen LogP contribution is -2.61. The van der Waals surface area contributed by atoms with Gasteiger partial charge in [0.2, 0.25) is 11.8 Å². The van der Waals surface area contributed by atoms with Crippen molar-refractivity contribution in [3.05, 3.63) is 231 Å². The molecule has 6 heteroatoms. The van der Waals surface area contributed by atoms with Crippen LogP contribution in [-0.4, -0.2) is 6.71 Å². The van der Waals surface area contributed by atoms with Gasteiger partial charge < -0.3 is 13.7 Å². The highest BCUT2D eigenvalue weighted by molar-refractivity contribution is 7.00. The van der Waals surface area contributed by atoms with E-state index in [-0.39, 0.29) is 6.71 Å². The molecular weight excluding hydrogens is 781 g/mol. The van der Waals surface area contributed by atoms with Gasteiger partial charge in [-0.25, -0.2) is 0 Å². The number of para-hydroxylation sites is 6. The second-order valence-electron chi connectivity index (χ2n) is 16.4. The van der Waals surface area contributed by atoms with Crippen LogP contribution < -0.4 is 31.1 Å². The van der Waals surface area contributed by atoms with E-state index in [0.29, 0.717) is 0 Å². The van der Waals surface area contributed by atoms with E-state index < -0.39 is 0 Å². The SMILES string of the molecule is c1ccc(-c2c(N3c4ccccc4B4c5ccccc5N(c5oc6ccccc6c5-c5ccccc5)c5cc(N(c6ccccc6)c6ccccc6)cc3c54)oc3ccccc23)cc1. The van der Waals surface area contributed by atoms with E-state index in [1.165, 1.54) is 16.4 Å². The molecule has 64 heavy (non-hydrogen) atoms. The molecule has 9 aromatic carbocycles. The first kappa shape index (κ1) is 36.2. The Morgan fingerprint density at radius 1 is 0.344 bits per heavy atom. The molecule has 0 amide bonds. The van der Waals surface area contributed by atoms with Gasteiger partial charge >= 0.3 is 0 Å². The molecule has 13 rings (SSSR count). The molecule has 0 aliphatic carbocycles. The number of benzene rings is 9. The molecule has 0 saturated carbocycles. The second kappa shape index (κ2) is 14.6. The molecule has 0 saturated heterocycles. The number of hydrogen-bond donors (Lipinski definition) is 0.